The first-order valence-corrected chi connectivity index (χ1v) is 6.70. The van der Waals surface area contributed by atoms with Gasteiger partial charge in [-0.1, -0.05) is 12.8 Å². The van der Waals surface area contributed by atoms with E-state index in [9.17, 15) is 0 Å². The van der Waals surface area contributed by atoms with Crippen LogP contribution >= 0.6 is 11.3 Å². The molecule has 1 aliphatic heterocycles. The number of rotatable bonds is 2. The highest BCUT2D eigenvalue weighted by Crippen LogP contribution is 2.20. The van der Waals surface area contributed by atoms with Crippen LogP contribution < -0.4 is 0 Å². The average molecular weight is 235 g/mol. The summed E-state index contributed by atoms with van der Waals surface area (Å²) in [5.41, 5.74) is 0.886. The molecule has 2 rings (SSSR count). The van der Waals surface area contributed by atoms with Gasteiger partial charge in [0.25, 0.3) is 0 Å². The minimum Gasteiger partial charge on any atom is -0.297 e. The van der Waals surface area contributed by atoms with Crippen molar-refractivity contribution in [1.29, 1.82) is 5.26 Å². The third-order valence-corrected chi connectivity index (χ3v) is 4.05. The number of nitriles is 1. The van der Waals surface area contributed by atoms with E-state index in [1.54, 1.807) is 11.3 Å². The predicted molar refractivity (Wildman–Crippen MR) is 65.3 cm³/mol. The number of hydrogen-bond acceptors (Lipinski definition) is 4. The van der Waals surface area contributed by atoms with Gasteiger partial charge in [0.2, 0.25) is 0 Å². The minimum absolute atomic E-state index is 0.768. The Morgan fingerprint density at radius 3 is 2.56 bits per heavy atom. The lowest BCUT2D eigenvalue weighted by Gasteiger charge is -2.17. The van der Waals surface area contributed by atoms with Crippen LogP contribution in [-0.2, 0) is 6.54 Å². The summed E-state index contributed by atoms with van der Waals surface area (Å²) < 4.78 is 0. The summed E-state index contributed by atoms with van der Waals surface area (Å²) in [5.74, 6) is 0. The number of nitrogens with zero attached hydrogens (tertiary/aromatic N) is 3. The molecule has 0 unspecified atom stereocenters. The number of likely N-dealkylation sites (tertiary alicyclic amines) is 1. The van der Waals surface area contributed by atoms with E-state index in [-0.39, 0.29) is 0 Å². The van der Waals surface area contributed by atoms with Gasteiger partial charge >= 0.3 is 0 Å². The Bertz CT molecular complexity index is 383. The van der Waals surface area contributed by atoms with Crippen LogP contribution in [0, 0.1) is 18.3 Å². The second kappa shape index (κ2) is 5.42. The van der Waals surface area contributed by atoms with Crippen molar-refractivity contribution in [3.05, 3.63) is 15.6 Å². The monoisotopic (exact) mass is 235 g/mol. The molecule has 2 heterocycles. The topological polar surface area (TPSA) is 39.9 Å². The Labute approximate surface area is 101 Å². The van der Waals surface area contributed by atoms with Gasteiger partial charge in [-0.2, -0.15) is 5.26 Å². The van der Waals surface area contributed by atoms with Gasteiger partial charge < -0.3 is 0 Å². The van der Waals surface area contributed by atoms with E-state index < -0.39 is 0 Å². The van der Waals surface area contributed by atoms with E-state index in [1.165, 1.54) is 38.8 Å². The number of thiazole rings is 1. The van der Waals surface area contributed by atoms with E-state index in [4.69, 9.17) is 5.26 Å². The molecule has 16 heavy (non-hydrogen) atoms. The Morgan fingerprint density at radius 2 is 2.00 bits per heavy atom. The van der Waals surface area contributed by atoms with E-state index in [0.717, 1.165) is 22.1 Å². The number of hydrogen-bond donors (Lipinski definition) is 0. The van der Waals surface area contributed by atoms with Gasteiger partial charge in [0.1, 0.15) is 16.0 Å². The molecule has 1 saturated heterocycles. The van der Waals surface area contributed by atoms with Gasteiger partial charge in [-0.05, 0) is 32.9 Å². The quantitative estimate of drug-likeness (QED) is 0.791. The molecule has 4 heteroatoms. The van der Waals surface area contributed by atoms with E-state index in [1.807, 2.05) is 6.92 Å². The molecule has 0 aromatic carbocycles. The number of aryl methyl sites for hydroxylation is 1. The summed E-state index contributed by atoms with van der Waals surface area (Å²) in [5, 5.41) is 9.98. The largest absolute Gasteiger partial charge is 0.297 e. The van der Waals surface area contributed by atoms with Crippen LogP contribution in [0.25, 0.3) is 0 Å². The van der Waals surface area contributed by atoms with Crippen LogP contribution in [0.1, 0.15) is 41.3 Å². The van der Waals surface area contributed by atoms with Crippen molar-refractivity contribution in [3.8, 4) is 6.07 Å². The lowest BCUT2D eigenvalue weighted by molar-refractivity contribution is 0.276. The summed E-state index contributed by atoms with van der Waals surface area (Å²) in [6.45, 7) is 5.20. The third kappa shape index (κ3) is 2.81. The highest BCUT2D eigenvalue weighted by atomic mass is 32.1. The first-order valence-electron chi connectivity index (χ1n) is 5.88. The number of aromatic nitrogens is 1. The maximum atomic E-state index is 8.89. The average Bonchev–Trinajstić information content (AvgIpc) is 2.50. The highest BCUT2D eigenvalue weighted by molar-refractivity contribution is 7.12. The predicted octanol–water partition coefficient (Wildman–Crippen LogP) is 2.70. The molecule has 1 aromatic rings. The summed E-state index contributed by atoms with van der Waals surface area (Å²) in [7, 11) is 0. The molecule has 0 radical (unpaired) electrons. The maximum Gasteiger partial charge on any atom is 0.127 e. The summed E-state index contributed by atoms with van der Waals surface area (Å²) in [6, 6.07) is 2.20. The molecule has 0 N–H and O–H groups in total. The van der Waals surface area contributed by atoms with Gasteiger partial charge in [-0.15, -0.1) is 11.3 Å². The van der Waals surface area contributed by atoms with Crippen molar-refractivity contribution in [1.82, 2.24) is 9.88 Å². The molecule has 1 aliphatic rings. The molecule has 1 aromatic heterocycles. The third-order valence-electron chi connectivity index (χ3n) is 3.00. The fraction of sp³-hybridized carbons (Fsp3) is 0.667. The molecule has 0 spiro atoms. The van der Waals surface area contributed by atoms with Gasteiger partial charge in [0, 0.05) is 0 Å². The molecule has 0 amide bonds. The molecule has 0 aliphatic carbocycles. The maximum absolute atomic E-state index is 8.89. The van der Waals surface area contributed by atoms with Crippen LogP contribution in [-0.4, -0.2) is 23.0 Å². The fourth-order valence-corrected chi connectivity index (χ4v) is 3.01. The van der Waals surface area contributed by atoms with Crippen LogP contribution in [0.15, 0.2) is 0 Å². The van der Waals surface area contributed by atoms with Crippen molar-refractivity contribution in [3.63, 3.8) is 0 Å². The van der Waals surface area contributed by atoms with Crippen LogP contribution in [0.2, 0.25) is 0 Å². The molecular weight excluding hydrogens is 218 g/mol. The van der Waals surface area contributed by atoms with Crippen LogP contribution in [0.4, 0.5) is 0 Å². The van der Waals surface area contributed by atoms with Gasteiger partial charge in [-0.3, -0.25) is 4.90 Å². The molecule has 1 fully saturated rings. The zero-order chi connectivity index (χ0) is 11.4. The lowest BCUT2D eigenvalue weighted by Crippen LogP contribution is -2.23. The molecular formula is C12H17N3S. The molecule has 0 saturated carbocycles. The molecule has 0 bridgehead atoms. The lowest BCUT2D eigenvalue weighted by atomic mass is 10.2. The highest BCUT2D eigenvalue weighted by Gasteiger charge is 2.13. The van der Waals surface area contributed by atoms with Gasteiger partial charge in [0.05, 0.1) is 12.2 Å². The Kier molecular flexibility index (Phi) is 3.92. The van der Waals surface area contributed by atoms with Crippen molar-refractivity contribution in [2.75, 3.05) is 13.1 Å². The summed E-state index contributed by atoms with van der Waals surface area (Å²) >= 11 is 1.55. The second-order valence-corrected chi connectivity index (χ2v) is 5.41. The van der Waals surface area contributed by atoms with E-state index in [2.05, 4.69) is 16.0 Å². The minimum atomic E-state index is 0.768. The standard InChI is InChI=1S/C12H17N3S/c1-10-11(8-13)16-12(14-10)9-15-6-4-2-3-5-7-15/h2-7,9H2,1H3. The first kappa shape index (κ1) is 11.6. The van der Waals surface area contributed by atoms with Gasteiger partial charge in [0.15, 0.2) is 0 Å². The zero-order valence-electron chi connectivity index (χ0n) is 9.70. The first-order chi connectivity index (χ1) is 7.79. The molecule has 0 atom stereocenters. The Hall–Kier alpha value is -0.920. The second-order valence-electron chi connectivity index (χ2n) is 4.32. The van der Waals surface area contributed by atoms with Crippen LogP contribution in [0.5, 0.6) is 0 Å². The van der Waals surface area contributed by atoms with Crippen LogP contribution in [0.3, 0.4) is 0 Å². The summed E-state index contributed by atoms with van der Waals surface area (Å²) in [4.78, 5) is 7.69. The zero-order valence-corrected chi connectivity index (χ0v) is 10.5. The summed E-state index contributed by atoms with van der Waals surface area (Å²) in [6.07, 6.45) is 5.32. The van der Waals surface area contributed by atoms with Crippen molar-refractivity contribution >= 4 is 11.3 Å². The fourth-order valence-electron chi connectivity index (χ4n) is 2.11. The normalized spacial score (nSPS) is 18.0. The Morgan fingerprint density at radius 1 is 1.31 bits per heavy atom. The smallest absolute Gasteiger partial charge is 0.127 e. The van der Waals surface area contributed by atoms with Crippen molar-refractivity contribution < 1.29 is 0 Å². The van der Waals surface area contributed by atoms with Gasteiger partial charge in [-0.25, -0.2) is 4.98 Å². The SMILES string of the molecule is Cc1nc(CN2CCCCCC2)sc1C#N. The molecule has 86 valence electrons. The Balaban J connectivity index is 1.99. The molecule has 3 nitrogen and oxygen atoms in total. The van der Waals surface area contributed by atoms with E-state index in [0.29, 0.717) is 0 Å². The van der Waals surface area contributed by atoms with E-state index >= 15 is 0 Å². The van der Waals surface area contributed by atoms with Crippen molar-refractivity contribution in [2.45, 2.75) is 39.2 Å². The van der Waals surface area contributed by atoms with Crippen molar-refractivity contribution in [2.24, 2.45) is 0 Å².